The van der Waals surface area contributed by atoms with E-state index in [4.69, 9.17) is 12.2 Å². The molecule has 1 heterocycles. The zero-order valence-electron chi connectivity index (χ0n) is 10.3. The lowest BCUT2D eigenvalue weighted by Gasteiger charge is -2.13. The normalized spacial score (nSPS) is 25.2. The van der Waals surface area contributed by atoms with E-state index in [2.05, 4.69) is 30.7 Å². The van der Waals surface area contributed by atoms with Gasteiger partial charge in [-0.2, -0.15) is 0 Å². The smallest absolute Gasteiger partial charge is 0.130 e. The van der Waals surface area contributed by atoms with Crippen molar-refractivity contribution in [1.82, 2.24) is 9.97 Å². The van der Waals surface area contributed by atoms with Crippen LogP contribution < -0.4 is 0 Å². The minimum absolute atomic E-state index is 0.488. The van der Waals surface area contributed by atoms with Crippen LogP contribution in [0, 0.1) is 10.6 Å². The van der Waals surface area contributed by atoms with E-state index in [1.807, 2.05) is 6.07 Å². The first-order valence-corrected chi connectivity index (χ1v) is 6.58. The quantitative estimate of drug-likeness (QED) is 0.781. The maximum absolute atomic E-state index is 5.24. The number of aromatic amines is 1. The van der Waals surface area contributed by atoms with Gasteiger partial charge in [-0.25, -0.2) is 4.98 Å². The lowest BCUT2D eigenvalue weighted by molar-refractivity contribution is 0.582. The van der Waals surface area contributed by atoms with Crippen LogP contribution in [0.25, 0.3) is 0 Å². The highest BCUT2D eigenvalue weighted by atomic mass is 32.1. The van der Waals surface area contributed by atoms with E-state index < -0.39 is 0 Å². The standard InChI is InChI=1S/C13H20N2S/c1-8(2)11-7-12(16)15-13(14-11)10-5-4-9(3)6-10/h7-10H,4-6H2,1-3H3,(H,14,15,16). The molecule has 0 radical (unpaired) electrons. The van der Waals surface area contributed by atoms with Gasteiger partial charge in [-0.1, -0.05) is 33.0 Å². The SMILES string of the molecule is CC1CCC(c2nc(=S)cc(C(C)C)[nH]2)C1. The van der Waals surface area contributed by atoms with Crippen LogP contribution in [0.3, 0.4) is 0 Å². The summed E-state index contributed by atoms with van der Waals surface area (Å²) in [6, 6.07) is 1.99. The maximum atomic E-state index is 5.24. The van der Waals surface area contributed by atoms with E-state index in [9.17, 15) is 0 Å². The fraction of sp³-hybridized carbons (Fsp3) is 0.692. The Morgan fingerprint density at radius 3 is 2.75 bits per heavy atom. The van der Waals surface area contributed by atoms with Gasteiger partial charge in [-0.05, 0) is 37.2 Å². The molecule has 1 N–H and O–H groups in total. The lowest BCUT2D eigenvalue weighted by Crippen LogP contribution is -2.05. The Bertz CT molecular complexity index is 422. The van der Waals surface area contributed by atoms with Gasteiger partial charge in [0.25, 0.3) is 0 Å². The van der Waals surface area contributed by atoms with Crippen molar-refractivity contribution in [3.63, 3.8) is 0 Å². The molecule has 0 bridgehead atoms. The van der Waals surface area contributed by atoms with E-state index in [0.29, 0.717) is 11.8 Å². The van der Waals surface area contributed by atoms with Crippen molar-refractivity contribution in [1.29, 1.82) is 0 Å². The highest BCUT2D eigenvalue weighted by Gasteiger charge is 2.24. The van der Waals surface area contributed by atoms with Crippen molar-refractivity contribution in [2.75, 3.05) is 0 Å². The summed E-state index contributed by atoms with van der Waals surface area (Å²) in [5.74, 6) is 3.02. The van der Waals surface area contributed by atoms with Gasteiger partial charge in [-0.3, -0.25) is 0 Å². The van der Waals surface area contributed by atoms with Gasteiger partial charge in [0.1, 0.15) is 10.5 Å². The van der Waals surface area contributed by atoms with Crippen LogP contribution in [0.4, 0.5) is 0 Å². The van der Waals surface area contributed by atoms with Crippen LogP contribution in [0.5, 0.6) is 0 Å². The third-order valence-corrected chi connectivity index (χ3v) is 3.69. The zero-order valence-corrected chi connectivity index (χ0v) is 11.1. The van der Waals surface area contributed by atoms with Crippen molar-refractivity contribution in [2.45, 2.75) is 51.9 Å². The zero-order chi connectivity index (χ0) is 11.7. The van der Waals surface area contributed by atoms with Gasteiger partial charge in [-0.15, -0.1) is 0 Å². The van der Waals surface area contributed by atoms with Crippen molar-refractivity contribution >= 4 is 12.2 Å². The van der Waals surface area contributed by atoms with Crippen LogP contribution >= 0.6 is 12.2 Å². The molecule has 2 nitrogen and oxygen atoms in total. The van der Waals surface area contributed by atoms with Crippen LogP contribution in [0.2, 0.25) is 0 Å². The number of nitrogens with one attached hydrogen (secondary N) is 1. The number of H-pyrrole nitrogens is 1. The first kappa shape index (κ1) is 11.8. The second kappa shape index (κ2) is 4.66. The molecule has 2 rings (SSSR count). The van der Waals surface area contributed by atoms with E-state index in [1.54, 1.807) is 0 Å². The van der Waals surface area contributed by atoms with Crippen molar-refractivity contribution in [3.8, 4) is 0 Å². The molecule has 1 aromatic rings. The Balaban J connectivity index is 2.30. The molecule has 0 amide bonds. The van der Waals surface area contributed by atoms with Crippen LogP contribution in [0.15, 0.2) is 6.07 Å². The molecule has 1 aromatic heterocycles. The fourth-order valence-corrected chi connectivity index (χ4v) is 2.68. The van der Waals surface area contributed by atoms with E-state index in [-0.39, 0.29) is 0 Å². The monoisotopic (exact) mass is 236 g/mol. The molecule has 2 atom stereocenters. The van der Waals surface area contributed by atoms with Crippen LogP contribution in [-0.2, 0) is 0 Å². The minimum Gasteiger partial charge on any atom is -0.347 e. The van der Waals surface area contributed by atoms with E-state index in [0.717, 1.165) is 16.4 Å². The van der Waals surface area contributed by atoms with Crippen molar-refractivity contribution in [3.05, 3.63) is 22.2 Å². The van der Waals surface area contributed by atoms with E-state index in [1.165, 1.54) is 25.0 Å². The molecule has 1 aliphatic rings. The van der Waals surface area contributed by atoms with Gasteiger partial charge in [0.05, 0.1) is 0 Å². The second-order valence-corrected chi connectivity index (χ2v) is 5.75. The molecule has 0 spiro atoms. The summed E-state index contributed by atoms with van der Waals surface area (Å²) in [4.78, 5) is 7.96. The summed E-state index contributed by atoms with van der Waals surface area (Å²) < 4.78 is 0.733. The summed E-state index contributed by atoms with van der Waals surface area (Å²) in [7, 11) is 0. The number of nitrogens with zero attached hydrogens (tertiary/aromatic N) is 1. The Labute approximate surface area is 103 Å². The van der Waals surface area contributed by atoms with Gasteiger partial charge in [0, 0.05) is 11.6 Å². The van der Waals surface area contributed by atoms with Gasteiger partial charge in [0.15, 0.2) is 0 Å². The molecule has 1 fully saturated rings. The molecular formula is C13H20N2S. The predicted molar refractivity (Wildman–Crippen MR) is 69.3 cm³/mol. The molecule has 0 aliphatic heterocycles. The predicted octanol–water partition coefficient (Wildman–Crippen LogP) is 4.17. The van der Waals surface area contributed by atoms with Crippen LogP contribution in [0.1, 0.15) is 63.4 Å². The average molecular weight is 236 g/mol. The Hall–Kier alpha value is -0.700. The lowest BCUT2D eigenvalue weighted by atomic mass is 10.0. The second-order valence-electron chi connectivity index (χ2n) is 5.33. The van der Waals surface area contributed by atoms with Gasteiger partial charge in [0.2, 0.25) is 0 Å². The van der Waals surface area contributed by atoms with Crippen molar-refractivity contribution < 1.29 is 0 Å². The molecule has 3 heteroatoms. The van der Waals surface area contributed by atoms with Crippen molar-refractivity contribution in [2.24, 2.45) is 5.92 Å². The van der Waals surface area contributed by atoms with Crippen LogP contribution in [-0.4, -0.2) is 9.97 Å². The number of hydrogen-bond acceptors (Lipinski definition) is 2. The summed E-state index contributed by atoms with van der Waals surface area (Å²) >= 11 is 5.24. The third-order valence-electron chi connectivity index (χ3n) is 3.49. The Kier molecular flexibility index (Phi) is 3.43. The van der Waals surface area contributed by atoms with E-state index >= 15 is 0 Å². The summed E-state index contributed by atoms with van der Waals surface area (Å²) in [5.41, 5.74) is 1.22. The molecule has 2 unspecified atom stereocenters. The first-order chi connectivity index (χ1) is 7.56. The average Bonchev–Trinajstić information content (AvgIpc) is 2.64. The largest absolute Gasteiger partial charge is 0.347 e. The summed E-state index contributed by atoms with van der Waals surface area (Å²) in [6.07, 6.45) is 3.82. The molecule has 16 heavy (non-hydrogen) atoms. The molecule has 1 aliphatic carbocycles. The highest BCUT2D eigenvalue weighted by Crippen LogP contribution is 2.36. The molecule has 0 saturated heterocycles. The minimum atomic E-state index is 0.488. The Morgan fingerprint density at radius 2 is 2.19 bits per heavy atom. The maximum Gasteiger partial charge on any atom is 0.130 e. The molecule has 88 valence electrons. The Morgan fingerprint density at radius 1 is 1.44 bits per heavy atom. The third kappa shape index (κ3) is 2.51. The highest BCUT2D eigenvalue weighted by molar-refractivity contribution is 7.71. The fourth-order valence-electron chi connectivity index (χ4n) is 2.46. The topological polar surface area (TPSA) is 28.7 Å². The molecule has 0 aromatic carbocycles. The van der Waals surface area contributed by atoms with Gasteiger partial charge < -0.3 is 4.98 Å². The number of hydrogen-bond donors (Lipinski definition) is 1. The summed E-state index contributed by atoms with van der Waals surface area (Å²) in [6.45, 7) is 6.68. The molecule has 1 saturated carbocycles. The number of aromatic nitrogens is 2. The number of rotatable bonds is 2. The summed E-state index contributed by atoms with van der Waals surface area (Å²) in [5, 5.41) is 0. The molecular weight excluding hydrogens is 216 g/mol. The first-order valence-electron chi connectivity index (χ1n) is 6.17. The van der Waals surface area contributed by atoms with Gasteiger partial charge >= 0.3 is 0 Å².